The van der Waals surface area contributed by atoms with E-state index < -0.39 is 6.09 Å². The second kappa shape index (κ2) is 7.36. The van der Waals surface area contributed by atoms with Crippen molar-refractivity contribution in [2.24, 2.45) is 0 Å². The highest BCUT2D eigenvalue weighted by Gasteiger charge is 2.22. The molecule has 0 aromatic heterocycles. The molecule has 0 atom stereocenters. The quantitative estimate of drug-likeness (QED) is 0.719. The van der Waals surface area contributed by atoms with Gasteiger partial charge in [0.25, 0.3) is 0 Å². The fourth-order valence-electron chi connectivity index (χ4n) is 2.03. The first kappa shape index (κ1) is 17.7. The van der Waals surface area contributed by atoms with E-state index in [4.69, 9.17) is 4.74 Å². The molecular weight excluding hydrogens is 264 g/mol. The van der Waals surface area contributed by atoms with E-state index in [1.807, 2.05) is 27.1 Å². The summed E-state index contributed by atoms with van der Waals surface area (Å²) >= 11 is 0. The largest absolute Gasteiger partial charge is 1.00 e. The zero-order chi connectivity index (χ0) is 13.9. The number of amides is 1. The molecule has 0 aliphatic heterocycles. The van der Waals surface area contributed by atoms with Crippen molar-refractivity contribution >= 4 is 11.8 Å². The zero-order valence-electron chi connectivity index (χ0n) is 12.4. The summed E-state index contributed by atoms with van der Waals surface area (Å²) in [5.41, 5.74) is 3.21. The lowest BCUT2D eigenvalue weighted by molar-refractivity contribution is -0.786. The van der Waals surface area contributed by atoms with E-state index >= 15 is 0 Å². The van der Waals surface area contributed by atoms with Crippen molar-refractivity contribution in [3.63, 3.8) is 0 Å². The molecule has 0 aliphatic carbocycles. The minimum Gasteiger partial charge on any atom is -1.00 e. The van der Waals surface area contributed by atoms with Crippen molar-refractivity contribution in [1.82, 2.24) is 5.32 Å². The predicted octanol–water partition coefficient (Wildman–Crippen LogP) is -1.38. The molecule has 5 heteroatoms. The number of halogens is 1. The van der Waals surface area contributed by atoms with Crippen LogP contribution < -0.4 is 27.4 Å². The van der Waals surface area contributed by atoms with Crippen LogP contribution in [0, 0.1) is 6.92 Å². The van der Waals surface area contributed by atoms with Gasteiger partial charge in [0, 0.05) is 18.2 Å². The summed E-state index contributed by atoms with van der Waals surface area (Å²) in [7, 11) is 5.63. The van der Waals surface area contributed by atoms with E-state index in [0.717, 1.165) is 21.7 Å². The monoisotopic (exact) mass is 286 g/mol. The highest BCUT2D eigenvalue weighted by molar-refractivity contribution is 5.73. The predicted molar refractivity (Wildman–Crippen MR) is 72.8 cm³/mol. The van der Waals surface area contributed by atoms with E-state index in [1.54, 1.807) is 7.05 Å². The fourth-order valence-corrected chi connectivity index (χ4v) is 2.03. The topological polar surface area (TPSA) is 42.8 Å². The van der Waals surface area contributed by atoms with Gasteiger partial charge in [0.05, 0.1) is 14.1 Å². The molecule has 1 amide bonds. The van der Waals surface area contributed by atoms with Gasteiger partial charge in [-0.2, -0.15) is 0 Å². The van der Waals surface area contributed by atoms with Gasteiger partial charge in [-0.15, -0.1) is 0 Å². The molecule has 1 aromatic rings. The van der Waals surface area contributed by atoms with Crippen LogP contribution in [-0.2, 0) is 0 Å². The molecule has 0 spiro atoms. The Morgan fingerprint density at radius 2 is 1.89 bits per heavy atom. The number of hydrogen-bond acceptors (Lipinski definition) is 2. The molecule has 0 fully saturated rings. The molecule has 0 radical (unpaired) electrons. The average Bonchev–Trinajstić information content (AvgIpc) is 2.27. The Morgan fingerprint density at radius 3 is 2.32 bits per heavy atom. The highest BCUT2D eigenvalue weighted by atomic mass is 35.5. The Bertz CT molecular complexity index is 445. The smallest absolute Gasteiger partial charge is 0.412 e. The molecule has 1 rings (SSSR count). The summed E-state index contributed by atoms with van der Waals surface area (Å²) in [5, 5.41) is 2.49. The Morgan fingerprint density at radius 1 is 1.32 bits per heavy atom. The number of nitrogens with one attached hydrogen (secondary N) is 2. The minimum atomic E-state index is -0.426. The van der Waals surface area contributed by atoms with Gasteiger partial charge < -0.3 is 27.4 Å². The van der Waals surface area contributed by atoms with Crippen molar-refractivity contribution in [2.45, 2.75) is 26.7 Å². The van der Waals surface area contributed by atoms with Crippen molar-refractivity contribution in [1.29, 1.82) is 0 Å². The maximum Gasteiger partial charge on any atom is 0.412 e. The first-order chi connectivity index (χ1) is 8.38. The number of rotatable bonds is 3. The molecule has 0 bridgehead atoms. The van der Waals surface area contributed by atoms with E-state index in [0.29, 0.717) is 11.7 Å². The molecule has 19 heavy (non-hydrogen) atoms. The molecule has 4 nitrogen and oxygen atoms in total. The first-order valence-electron chi connectivity index (χ1n) is 6.22. The number of hydrogen-bond donors (Lipinski definition) is 2. The average molecular weight is 287 g/mol. The molecule has 0 saturated carbocycles. The zero-order valence-corrected chi connectivity index (χ0v) is 13.2. The Labute approximate surface area is 121 Å². The number of carbonyl (C=O) groups excluding carboxylic acids is 1. The lowest BCUT2D eigenvalue weighted by atomic mass is 9.98. The third-order valence-electron chi connectivity index (χ3n) is 2.92. The summed E-state index contributed by atoms with van der Waals surface area (Å²) in [6.07, 6.45) is -0.426. The minimum absolute atomic E-state index is 0. The second-order valence-corrected chi connectivity index (χ2v) is 4.97. The van der Waals surface area contributed by atoms with Crippen molar-refractivity contribution < 1.29 is 26.8 Å². The van der Waals surface area contributed by atoms with Crippen LogP contribution in [0.1, 0.15) is 30.9 Å². The molecule has 0 saturated heterocycles. The molecule has 0 heterocycles. The molecule has 0 aliphatic rings. The van der Waals surface area contributed by atoms with Crippen LogP contribution >= 0.6 is 0 Å². The molecule has 108 valence electrons. The molecule has 2 N–H and O–H groups in total. The second-order valence-electron chi connectivity index (χ2n) is 4.97. The summed E-state index contributed by atoms with van der Waals surface area (Å²) in [6.45, 7) is 6.22. The van der Waals surface area contributed by atoms with E-state index in [1.165, 1.54) is 0 Å². The van der Waals surface area contributed by atoms with Gasteiger partial charge in [-0.3, -0.25) is 0 Å². The number of quaternary nitrogens is 1. The summed E-state index contributed by atoms with van der Waals surface area (Å²) in [5.74, 6) is 0.993. The number of benzene rings is 1. The lowest BCUT2D eigenvalue weighted by Gasteiger charge is -2.19. The Kier molecular flexibility index (Phi) is 6.87. The molecular formula is C14H23ClN2O2. The third kappa shape index (κ3) is 4.11. The van der Waals surface area contributed by atoms with E-state index in [9.17, 15) is 4.79 Å². The SMILES string of the molecule is CNC(=O)Oc1c(C(C)C)ccc(C)c1[NH+](C)C.[Cl-]. The summed E-state index contributed by atoms with van der Waals surface area (Å²) in [6, 6.07) is 4.11. The van der Waals surface area contributed by atoms with Crippen LogP contribution in [0.5, 0.6) is 5.75 Å². The Balaban J connectivity index is 0.00000324. The van der Waals surface area contributed by atoms with Crippen LogP contribution in [-0.4, -0.2) is 27.2 Å². The number of ether oxygens (including phenoxy) is 1. The van der Waals surface area contributed by atoms with Gasteiger partial charge in [0.2, 0.25) is 0 Å². The van der Waals surface area contributed by atoms with Crippen molar-refractivity contribution in [3.05, 3.63) is 23.3 Å². The molecule has 0 unspecified atom stereocenters. The number of aryl methyl sites for hydroxylation is 1. The van der Waals surface area contributed by atoms with Crippen LogP contribution in [0.25, 0.3) is 0 Å². The van der Waals surface area contributed by atoms with Crippen LogP contribution in [0.2, 0.25) is 0 Å². The standard InChI is InChI=1S/C14H22N2O2.ClH/c1-9(2)11-8-7-10(3)12(16(5)6)13(11)18-14(17)15-4;/h7-9H,1-6H3,(H,15,17);1H. The maximum absolute atomic E-state index is 11.5. The third-order valence-corrected chi connectivity index (χ3v) is 2.92. The van der Waals surface area contributed by atoms with Gasteiger partial charge in [-0.25, -0.2) is 4.79 Å². The number of carbonyl (C=O) groups is 1. The Hall–Kier alpha value is -1.26. The van der Waals surface area contributed by atoms with Gasteiger partial charge >= 0.3 is 6.09 Å². The maximum atomic E-state index is 11.5. The summed E-state index contributed by atoms with van der Waals surface area (Å²) < 4.78 is 5.46. The van der Waals surface area contributed by atoms with Gasteiger partial charge in [-0.05, 0) is 12.8 Å². The van der Waals surface area contributed by atoms with Gasteiger partial charge in [0.1, 0.15) is 0 Å². The highest BCUT2D eigenvalue weighted by Crippen LogP contribution is 2.34. The van der Waals surface area contributed by atoms with Crippen molar-refractivity contribution in [2.75, 3.05) is 21.1 Å². The first-order valence-corrected chi connectivity index (χ1v) is 6.22. The van der Waals surface area contributed by atoms with Gasteiger partial charge in [0.15, 0.2) is 11.4 Å². The van der Waals surface area contributed by atoms with Crippen LogP contribution in [0.15, 0.2) is 12.1 Å². The summed E-state index contributed by atoms with van der Waals surface area (Å²) in [4.78, 5) is 12.6. The van der Waals surface area contributed by atoms with E-state index in [2.05, 4.69) is 25.2 Å². The van der Waals surface area contributed by atoms with Crippen LogP contribution in [0.4, 0.5) is 10.5 Å². The normalized spacial score (nSPS) is 10.3. The van der Waals surface area contributed by atoms with Gasteiger partial charge in [-0.1, -0.05) is 26.0 Å². The molecule has 1 aromatic carbocycles. The van der Waals surface area contributed by atoms with E-state index in [-0.39, 0.29) is 12.4 Å². The lowest BCUT2D eigenvalue weighted by Crippen LogP contribution is -3.00. The van der Waals surface area contributed by atoms with Crippen molar-refractivity contribution in [3.8, 4) is 5.75 Å². The fraction of sp³-hybridized carbons (Fsp3) is 0.500. The van der Waals surface area contributed by atoms with Crippen LogP contribution in [0.3, 0.4) is 0 Å².